The van der Waals surface area contributed by atoms with E-state index in [1.54, 1.807) is 12.3 Å². The third-order valence-electron chi connectivity index (χ3n) is 2.95. The summed E-state index contributed by atoms with van der Waals surface area (Å²) in [5.74, 6) is -0.367. The Morgan fingerprint density at radius 3 is 2.47 bits per heavy atom. The Morgan fingerprint density at radius 2 is 1.89 bits per heavy atom. The average molecular weight is 266 g/mol. The first-order valence-corrected chi connectivity index (χ1v) is 6.10. The topological polar surface area (TPSA) is 38.1 Å². The van der Waals surface area contributed by atoms with E-state index in [2.05, 4.69) is 10.3 Å². The summed E-state index contributed by atoms with van der Waals surface area (Å²) >= 11 is 0. The van der Waals surface area contributed by atoms with E-state index in [9.17, 15) is 8.78 Å². The molecule has 2 aromatic rings. The van der Waals surface area contributed by atoms with Crippen LogP contribution in [0.4, 0.5) is 8.78 Å². The molecule has 1 aromatic heterocycles. The zero-order chi connectivity index (χ0) is 14.0. The highest BCUT2D eigenvalue weighted by Crippen LogP contribution is 2.20. The van der Waals surface area contributed by atoms with Crippen molar-refractivity contribution in [2.75, 3.05) is 0 Å². The van der Waals surface area contributed by atoms with Gasteiger partial charge in [0.15, 0.2) is 11.6 Å². The normalized spacial score (nSPS) is 14.4. The molecule has 2 rings (SSSR count). The van der Waals surface area contributed by atoms with Crippen LogP contribution >= 0.6 is 0 Å². The van der Waals surface area contributed by atoms with Crippen LogP contribution in [-0.4, -0.2) is 4.98 Å². The molecule has 0 aliphatic rings. The second kappa shape index (κ2) is 5.48. The van der Waals surface area contributed by atoms with Gasteiger partial charge >= 0.3 is 0 Å². The van der Waals surface area contributed by atoms with Gasteiger partial charge in [0.05, 0.1) is 12.2 Å². The van der Waals surface area contributed by atoms with Gasteiger partial charge in [0.25, 0.3) is 0 Å². The summed E-state index contributed by atoms with van der Waals surface area (Å²) in [6.45, 7) is 5.60. The molecular weight excluding hydrogens is 250 g/mol. The predicted molar refractivity (Wildman–Crippen MR) is 67.6 cm³/mol. The molecule has 0 spiro atoms. The molecule has 0 saturated carbocycles. The number of hydrogen-bond donors (Lipinski definition) is 1. The molecular formula is C14H16F2N2O. The minimum Gasteiger partial charge on any atom is -0.444 e. The van der Waals surface area contributed by atoms with Crippen molar-refractivity contribution in [1.29, 1.82) is 0 Å². The van der Waals surface area contributed by atoms with Crippen molar-refractivity contribution >= 4 is 0 Å². The molecule has 0 aliphatic heterocycles. The molecule has 0 aliphatic carbocycles. The first-order chi connectivity index (χ1) is 8.97. The van der Waals surface area contributed by atoms with Gasteiger partial charge in [-0.2, -0.15) is 0 Å². The molecule has 0 saturated heterocycles. The molecule has 0 amide bonds. The number of nitrogens with one attached hydrogen (secondary N) is 1. The number of oxazole rings is 1. The van der Waals surface area contributed by atoms with E-state index in [0.29, 0.717) is 11.5 Å². The molecule has 1 heterocycles. The van der Waals surface area contributed by atoms with Crippen molar-refractivity contribution in [3.63, 3.8) is 0 Å². The Balaban J connectivity index is 2.07. The van der Waals surface area contributed by atoms with Crippen molar-refractivity contribution in [2.45, 2.75) is 32.9 Å². The minimum absolute atomic E-state index is 0.114. The summed E-state index contributed by atoms with van der Waals surface area (Å²) in [5.41, 5.74) is 0.675. The third-order valence-corrected chi connectivity index (χ3v) is 2.95. The average Bonchev–Trinajstić information content (AvgIpc) is 2.79. The number of rotatable bonds is 4. The monoisotopic (exact) mass is 266 g/mol. The molecule has 19 heavy (non-hydrogen) atoms. The quantitative estimate of drug-likeness (QED) is 0.917. The lowest BCUT2D eigenvalue weighted by molar-refractivity contribution is 0.379. The maximum Gasteiger partial charge on any atom is 0.211 e. The number of hydrogen-bond acceptors (Lipinski definition) is 3. The first kappa shape index (κ1) is 13.7. The smallest absolute Gasteiger partial charge is 0.211 e. The Labute approximate surface area is 110 Å². The molecule has 1 aromatic carbocycles. The Morgan fingerprint density at radius 1 is 1.16 bits per heavy atom. The van der Waals surface area contributed by atoms with Gasteiger partial charge < -0.3 is 4.42 Å². The summed E-state index contributed by atoms with van der Waals surface area (Å²) in [6, 6.07) is 3.63. The maximum absolute atomic E-state index is 13.2. The van der Waals surface area contributed by atoms with Crippen LogP contribution < -0.4 is 5.32 Å². The number of aryl methyl sites for hydroxylation is 1. The number of nitrogens with zero attached hydrogens (tertiary/aromatic N) is 1. The van der Waals surface area contributed by atoms with Crippen LogP contribution in [0.1, 0.15) is 43.1 Å². The van der Waals surface area contributed by atoms with Gasteiger partial charge in [-0.15, -0.1) is 0 Å². The largest absolute Gasteiger partial charge is 0.444 e. The molecule has 102 valence electrons. The van der Waals surface area contributed by atoms with Gasteiger partial charge in [-0.25, -0.2) is 13.8 Å². The van der Waals surface area contributed by atoms with Gasteiger partial charge in [0.2, 0.25) is 5.89 Å². The van der Waals surface area contributed by atoms with E-state index in [4.69, 9.17) is 4.42 Å². The first-order valence-electron chi connectivity index (χ1n) is 6.10. The van der Waals surface area contributed by atoms with Crippen LogP contribution in [0.25, 0.3) is 0 Å². The summed E-state index contributed by atoms with van der Waals surface area (Å²) in [4.78, 5) is 4.13. The van der Waals surface area contributed by atoms with E-state index >= 15 is 0 Å². The van der Waals surface area contributed by atoms with Crippen LogP contribution in [0.15, 0.2) is 28.8 Å². The van der Waals surface area contributed by atoms with Crippen LogP contribution in [0.3, 0.4) is 0 Å². The van der Waals surface area contributed by atoms with Crippen molar-refractivity contribution in [3.05, 3.63) is 53.2 Å². The fraction of sp³-hybridized carbons (Fsp3) is 0.357. The van der Waals surface area contributed by atoms with Crippen LogP contribution in [-0.2, 0) is 0 Å². The van der Waals surface area contributed by atoms with Gasteiger partial charge in [-0.1, -0.05) is 6.07 Å². The van der Waals surface area contributed by atoms with E-state index < -0.39 is 11.6 Å². The third kappa shape index (κ3) is 3.17. The summed E-state index contributed by atoms with van der Waals surface area (Å²) in [7, 11) is 0. The lowest BCUT2D eigenvalue weighted by atomic mass is 10.1. The standard InChI is InChI=1S/C14H16F2N2O/c1-8-7-17-14(19-8)10(3)18-9(2)11-4-5-12(15)13(16)6-11/h4-7,9-10,18H,1-3H3. The molecule has 0 bridgehead atoms. The minimum atomic E-state index is -0.842. The number of aromatic nitrogens is 1. The van der Waals surface area contributed by atoms with Crippen molar-refractivity contribution in [1.82, 2.24) is 10.3 Å². The second-order valence-electron chi connectivity index (χ2n) is 4.59. The highest BCUT2D eigenvalue weighted by Gasteiger charge is 2.16. The van der Waals surface area contributed by atoms with Gasteiger partial charge in [-0.05, 0) is 38.5 Å². The van der Waals surface area contributed by atoms with E-state index in [-0.39, 0.29) is 12.1 Å². The molecule has 0 radical (unpaired) electrons. The Hall–Kier alpha value is -1.75. The Kier molecular flexibility index (Phi) is 3.95. The maximum atomic E-state index is 13.2. The molecule has 3 nitrogen and oxygen atoms in total. The highest BCUT2D eigenvalue weighted by molar-refractivity contribution is 5.21. The molecule has 1 N–H and O–H groups in total. The van der Waals surface area contributed by atoms with E-state index in [0.717, 1.165) is 11.8 Å². The van der Waals surface area contributed by atoms with Gasteiger partial charge in [-0.3, -0.25) is 5.32 Å². The zero-order valence-electron chi connectivity index (χ0n) is 11.1. The lowest BCUT2D eigenvalue weighted by Gasteiger charge is -2.18. The van der Waals surface area contributed by atoms with E-state index in [1.165, 1.54) is 6.07 Å². The fourth-order valence-electron chi connectivity index (χ4n) is 1.90. The molecule has 2 unspecified atom stereocenters. The molecule has 5 heteroatoms. The SMILES string of the molecule is Cc1cnc(C(C)NC(C)c2ccc(F)c(F)c2)o1. The molecule has 0 fully saturated rings. The van der Waals surface area contributed by atoms with Crippen molar-refractivity contribution in [2.24, 2.45) is 0 Å². The van der Waals surface area contributed by atoms with Crippen LogP contribution in [0, 0.1) is 18.6 Å². The summed E-state index contributed by atoms with van der Waals surface area (Å²) < 4.78 is 31.5. The Bertz CT molecular complexity index is 568. The lowest BCUT2D eigenvalue weighted by Crippen LogP contribution is -2.22. The number of benzene rings is 1. The second-order valence-corrected chi connectivity index (χ2v) is 4.59. The number of halogens is 2. The highest BCUT2D eigenvalue weighted by atomic mass is 19.2. The predicted octanol–water partition coefficient (Wildman–Crippen LogP) is 3.67. The van der Waals surface area contributed by atoms with Crippen molar-refractivity contribution in [3.8, 4) is 0 Å². The van der Waals surface area contributed by atoms with Crippen molar-refractivity contribution < 1.29 is 13.2 Å². The molecule has 2 atom stereocenters. The van der Waals surface area contributed by atoms with Gasteiger partial charge in [0.1, 0.15) is 5.76 Å². The summed E-state index contributed by atoms with van der Waals surface area (Å²) in [5, 5.41) is 3.23. The zero-order valence-corrected chi connectivity index (χ0v) is 11.1. The van der Waals surface area contributed by atoms with E-state index in [1.807, 2.05) is 20.8 Å². The fourth-order valence-corrected chi connectivity index (χ4v) is 1.90. The van der Waals surface area contributed by atoms with Gasteiger partial charge in [0, 0.05) is 6.04 Å². The summed E-state index contributed by atoms with van der Waals surface area (Å²) in [6.07, 6.45) is 1.65. The van der Waals surface area contributed by atoms with Crippen LogP contribution in [0.2, 0.25) is 0 Å². The van der Waals surface area contributed by atoms with Crippen LogP contribution in [0.5, 0.6) is 0 Å².